The van der Waals surface area contributed by atoms with Crippen LogP contribution in [0.4, 0.5) is 0 Å². The van der Waals surface area contributed by atoms with Crippen LogP contribution in [0, 0.1) is 0 Å². The molecule has 0 aliphatic rings. The van der Waals surface area contributed by atoms with Crippen LogP contribution < -0.4 is 11.5 Å². The first-order valence-corrected chi connectivity index (χ1v) is 7.73. The number of rotatable bonds is 6. The van der Waals surface area contributed by atoms with Gasteiger partial charge in [0.1, 0.15) is 18.2 Å². The molecule has 0 heterocycles. The van der Waals surface area contributed by atoms with E-state index in [0.29, 0.717) is 12.0 Å². The zero-order valence-electron chi connectivity index (χ0n) is 13.9. The standard InChI is InChI=1S/2C9H11NO3/c10-8(9(11)13-12)6-7-4-2-1-3-5-7;10-7(9(12)13)8(11)6-4-2-1-3-5-6/h1-5,8,12H,6,10H2;1-5,7-8,11H,10H2,(H,12,13). The topological polar surface area (TPSA) is 156 Å². The number of hydrogen-bond acceptors (Lipinski definition) is 7. The van der Waals surface area contributed by atoms with E-state index in [9.17, 15) is 14.7 Å². The van der Waals surface area contributed by atoms with Crippen LogP contribution in [0.2, 0.25) is 0 Å². The molecule has 0 aliphatic heterocycles. The van der Waals surface area contributed by atoms with Gasteiger partial charge in [0.2, 0.25) is 0 Å². The van der Waals surface area contributed by atoms with Crippen LogP contribution in [-0.4, -0.2) is 39.5 Å². The van der Waals surface area contributed by atoms with Crippen LogP contribution in [-0.2, 0) is 20.9 Å². The Kier molecular flexibility index (Phi) is 8.96. The summed E-state index contributed by atoms with van der Waals surface area (Å²) in [6.07, 6.45) is -0.793. The molecule has 0 saturated carbocycles. The van der Waals surface area contributed by atoms with Crippen molar-refractivity contribution in [2.45, 2.75) is 24.6 Å². The third-order valence-electron chi connectivity index (χ3n) is 3.46. The van der Waals surface area contributed by atoms with E-state index in [1.165, 1.54) is 0 Å². The number of hydrogen-bond donors (Lipinski definition) is 5. The third-order valence-corrected chi connectivity index (χ3v) is 3.46. The molecule has 140 valence electrons. The molecule has 0 bridgehead atoms. The van der Waals surface area contributed by atoms with Gasteiger partial charge in [0.25, 0.3) is 0 Å². The van der Waals surface area contributed by atoms with Crippen LogP contribution in [0.1, 0.15) is 17.2 Å². The summed E-state index contributed by atoms with van der Waals surface area (Å²) in [5.74, 6) is -2.03. The molecule has 3 unspecified atom stereocenters. The Morgan fingerprint density at radius 3 is 1.92 bits per heavy atom. The highest BCUT2D eigenvalue weighted by atomic mass is 17.1. The third kappa shape index (κ3) is 6.99. The molecule has 0 radical (unpaired) electrons. The average Bonchev–Trinajstić information content (AvgIpc) is 2.68. The van der Waals surface area contributed by atoms with Crippen molar-refractivity contribution in [1.82, 2.24) is 0 Å². The molecule has 3 atom stereocenters. The Morgan fingerprint density at radius 2 is 1.46 bits per heavy atom. The lowest BCUT2D eigenvalue weighted by Crippen LogP contribution is -2.36. The van der Waals surface area contributed by atoms with Gasteiger partial charge in [-0.3, -0.25) is 9.68 Å². The smallest absolute Gasteiger partial charge is 0.358 e. The summed E-state index contributed by atoms with van der Waals surface area (Å²) < 4.78 is 0. The Bertz CT molecular complexity index is 681. The number of carboxylic acids is 1. The number of aliphatic hydroxyl groups is 1. The predicted octanol–water partition coefficient (Wildman–Crippen LogP) is 0.704. The van der Waals surface area contributed by atoms with E-state index in [2.05, 4.69) is 4.89 Å². The maximum Gasteiger partial charge on any atom is 0.358 e. The van der Waals surface area contributed by atoms with Crippen molar-refractivity contribution in [3.8, 4) is 0 Å². The van der Waals surface area contributed by atoms with Crippen molar-refractivity contribution < 1.29 is 29.9 Å². The number of aliphatic hydroxyl groups excluding tert-OH is 1. The zero-order valence-corrected chi connectivity index (χ0v) is 13.9. The molecule has 0 amide bonds. The second-order valence-corrected chi connectivity index (χ2v) is 5.43. The summed E-state index contributed by atoms with van der Waals surface area (Å²) >= 11 is 0. The summed E-state index contributed by atoms with van der Waals surface area (Å²) in [5, 5.41) is 26.0. The minimum atomic E-state index is -1.28. The maximum absolute atomic E-state index is 10.7. The minimum absolute atomic E-state index is 0.361. The van der Waals surface area contributed by atoms with Crippen molar-refractivity contribution in [2.75, 3.05) is 0 Å². The molecule has 8 nitrogen and oxygen atoms in total. The summed E-state index contributed by atoms with van der Waals surface area (Å²) in [4.78, 5) is 24.7. The van der Waals surface area contributed by atoms with E-state index < -0.39 is 30.1 Å². The quantitative estimate of drug-likeness (QED) is 0.371. The van der Waals surface area contributed by atoms with Crippen molar-refractivity contribution in [3.05, 3.63) is 71.8 Å². The normalized spacial score (nSPS) is 13.5. The van der Waals surface area contributed by atoms with E-state index >= 15 is 0 Å². The molecule has 7 N–H and O–H groups in total. The summed E-state index contributed by atoms with van der Waals surface area (Å²) in [5.41, 5.74) is 12.1. The van der Waals surface area contributed by atoms with E-state index in [1.54, 1.807) is 30.3 Å². The fourth-order valence-corrected chi connectivity index (χ4v) is 2.01. The number of benzene rings is 2. The molecule has 0 fully saturated rings. The zero-order chi connectivity index (χ0) is 19.5. The Hall–Kier alpha value is -2.78. The highest BCUT2D eigenvalue weighted by Crippen LogP contribution is 2.14. The lowest BCUT2D eigenvalue weighted by molar-refractivity contribution is -0.235. The van der Waals surface area contributed by atoms with Crippen molar-refractivity contribution >= 4 is 11.9 Å². The van der Waals surface area contributed by atoms with Gasteiger partial charge in [0.05, 0.1) is 0 Å². The number of aliphatic carboxylic acids is 1. The van der Waals surface area contributed by atoms with E-state index in [1.807, 2.05) is 30.3 Å². The van der Waals surface area contributed by atoms with Crippen molar-refractivity contribution in [3.63, 3.8) is 0 Å². The minimum Gasteiger partial charge on any atom is -0.480 e. The van der Waals surface area contributed by atoms with Crippen molar-refractivity contribution in [2.24, 2.45) is 11.5 Å². The van der Waals surface area contributed by atoms with Gasteiger partial charge in [-0.1, -0.05) is 60.7 Å². The lowest BCUT2D eigenvalue weighted by atomic mass is 10.0. The monoisotopic (exact) mass is 362 g/mol. The van der Waals surface area contributed by atoms with E-state index in [4.69, 9.17) is 21.8 Å². The van der Waals surface area contributed by atoms with Gasteiger partial charge in [-0.05, 0) is 17.5 Å². The fourth-order valence-electron chi connectivity index (χ4n) is 2.01. The van der Waals surface area contributed by atoms with Crippen LogP contribution >= 0.6 is 0 Å². The van der Waals surface area contributed by atoms with Crippen LogP contribution in [0.15, 0.2) is 60.7 Å². The molecule has 0 aliphatic carbocycles. The molecule has 8 heteroatoms. The highest BCUT2D eigenvalue weighted by molar-refractivity contribution is 5.75. The summed E-state index contributed by atoms with van der Waals surface area (Å²) in [7, 11) is 0. The molecule has 26 heavy (non-hydrogen) atoms. The summed E-state index contributed by atoms with van der Waals surface area (Å²) in [6, 6.07) is 15.7. The van der Waals surface area contributed by atoms with E-state index in [0.717, 1.165) is 5.56 Å². The van der Waals surface area contributed by atoms with Gasteiger partial charge < -0.3 is 21.7 Å². The lowest BCUT2D eigenvalue weighted by Gasteiger charge is -2.14. The Morgan fingerprint density at radius 1 is 0.962 bits per heavy atom. The molecule has 2 aromatic carbocycles. The first kappa shape index (κ1) is 21.3. The van der Waals surface area contributed by atoms with Gasteiger partial charge in [-0.25, -0.2) is 4.79 Å². The van der Waals surface area contributed by atoms with Gasteiger partial charge in [0, 0.05) is 0 Å². The van der Waals surface area contributed by atoms with Gasteiger partial charge >= 0.3 is 11.9 Å². The van der Waals surface area contributed by atoms with Crippen molar-refractivity contribution in [1.29, 1.82) is 0 Å². The summed E-state index contributed by atoms with van der Waals surface area (Å²) in [6.45, 7) is 0. The number of carbonyl (C=O) groups is 2. The molecule has 0 saturated heterocycles. The fraction of sp³-hybridized carbons (Fsp3) is 0.222. The number of carbonyl (C=O) groups excluding carboxylic acids is 1. The Labute approximate surface area is 150 Å². The second-order valence-electron chi connectivity index (χ2n) is 5.43. The molecular formula is C18H22N2O6. The molecular weight excluding hydrogens is 340 g/mol. The molecule has 0 spiro atoms. The predicted molar refractivity (Wildman–Crippen MR) is 93.9 cm³/mol. The van der Waals surface area contributed by atoms with Crippen LogP contribution in [0.25, 0.3) is 0 Å². The molecule has 0 aromatic heterocycles. The van der Waals surface area contributed by atoms with Gasteiger partial charge in [-0.15, -0.1) is 0 Å². The molecule has 2 aromatic rings. The van der Waals surface area contributed by atoms with Crippen LogP contribution in [0.3, 0.4) is 0 Å². The van der Waals surface area contributed by atoms with E-state index in [-0.39, 0.29) is 0 Å². The van der Waals surface area contributed by atoms with Gasteiger partial charge in [-0.2, -0.15) is 5.26 Å². The highest BCUT2D eigenvalue weighted by Gasteiger charge is 2.22. The first-order valence-electron chi connectivity index (χ1n) is 7.73. The average molecular weight is 362 g/mol. The van der Waals surface area contributed by atoms with Crippen LogP contribution in [0.5, 0.6) is 0 Å². The van der Waals surface area contributed by atoms with Gasteiger partial charge in [0.15, 0.2) is 0 Å². The second kappa shape index (κ2) is 11.0. The SMILES string of the molecule is NC(C(=O)O)C(O)c1ccccc1.NC(Cc1ccccc1)C(=O)OO. The first-order chi connectivity index (χ1) is 12.4. The largest absolute Gasteiger partial charge is 0.480 e. The number of nitrogens with two attached hydrogens (primary N) is 2. The Balaban J connectivity index is 0.000000260. The number of carboxylic acid groups (broad SMARTS) is 1. The molecule has 2 rings (SSSR count). The maximum atomic E-state index is 10.7.